The van der Waals surface area contributed by atoms with Gasteiger partial charge in [-0.15, -0.1) is 11.3 Å². The van der Waals surface area contributed by atoms with Gasteiger partial charge in [-0.3, -0.25) is 9.79 Å². The third-order valence-electron chi connectivity index (χ3n) is 3.90. The number of amides is 1. The lowest BCUT2D eigenvalue weighted by Crippen LogP contribution is -2.38. The van der Waals surface area contributed by atoms with Crippen molar-refractivity contribution in [3.05, 3.63) is 51.5 Å². The van der Waals surface area contributed by atoms with Gasteiger partial charge in [0.05, 0.1) is 11.5 Å². The molecule has 3 rings (SSSR count). The van der Waals surface area contributed by atoms with Crippen LogP contribution in [0.1, 0.15) is 27.7 Å². The first kappa shape index (κ1) is 16.6. The summed E-state index contributed by atoms with van der Waals surface area (Å²) < 4.78 is 19.7. The molecule has 0 saturated carbocycles. The van der Waals surface area contributed by atoms with Crippen LogP contribution in [-0.2, 0) is 10.3 Å². The minimum atomic E-state index is -0.911. The zero-order chi connectivity index (χ0) is 17.3. The minimum Gasteiger partial charge on any atom is -0.386 e. The number of hydrogen-bond donors (Lipinski definition) is 2. The van der Waals surface area contributed by atoms with E-state index in [1.54, 1.807) is 13.0 Å². The number of rotatable bonds is 3. The van der Waals surface area contributed by atoms with Crippen molar-refractivity contribution in [1.82, 2.24) is 0 Å². The molecule has 3 N–H and O–H groups in total. The molecule has 1 aliphatic heterocycles. The van der Waals surface area contributed by atoms with Crippen LogP contribution in [-0.4, -0.2) is 25.0 Å². The third kappa shape index (κ3) is 3.18. The molecule has 1 atom stereocenters. The monoisotopic (exact) mass is 347 g/mol. The number of amidine groups is 1. The van der Waals surface area contributed by atoms with E-state index in [1.807, 2.05) is 18.4 Å². The number of nitrogens with zero attached hydrogens (tertiary/aromatic N) is 1. The topological polar surface area (TPSA) is 76.7 Å². The van der Waals surface area contributed by atoms with Gasteiger partial charge in [-0.25, -0.2) is 4.39 Å². The Hall–Kier alpha value is -2.25. The smallest absolute Gasteiger partial charge is 0.265 e. The van der Waals surface area contributed by atoms with Crippen molar-refractivity contribution in [2.75, 3.05) is 18.5 Å². The number of anilines is 1. The minimum absolute atomic E-state index is 0.215. The molecule has 0 bridgehead atoms. The van der Waals surface area contributed by atoms with Gasteiger partial charge in [0.25, 0.3) is 5.91 Å². The van der Waals surface area contributed by atoms with Gasteiger partial charge in [0.1, 0.15) is 23.8 Å². The van der Waals surface area contributed by atoms with Crippen molar-refractivity contribution in [2.24, 2.45) is 10.7 Å². The van der Waals surface area contributed by atoms with Crippen LogP contribution in [0.4, 0.5) is 10.1 Å². The second-order valence-corrected chi connectivity index (χ2v) is 6.87. The second-order valence-electron chi connectivity index (χ2n) is 5.95. The number of carbonyl (C=O) groups excluding carboxylic acids is 1. The fourth-order valence-corrected chi connectivity index (χ4v) is 3.50. The summed E-state index contributed by atoms with van der Waals surface area (Å²) >= 11 is 1.37. The van der Waals surface area contributed by atoms with Crippen molar-refractivity contribution in [3.63, 3.8) is 0 Å². The maximum absolute atomic E-state index is 14.3. The van der Waals surface area contributed by atoms with Crippen molar-refractivity contribution in [3.8, 4) is 0 Å². The van der Waals surface area contributed by atoms with Crippen LogP contribution in [0.5, 0.6) is 0 Å². The van der Waals surface area contributed by atoms with E-state index in [9.17, 15) is 9.18 Å². The van der Waals surface area contributed by atoms with Crippen LogP contribution in [0.2, 0.25) is 0 Å². The molecule has 1 aromatic heterocycles. The Morgan fingerprint density at radius 1 is 1.46 bits per heavy atom. The largest absolute Gasteiger partial charge is 0.386 e. The van der Waals surface area contributed by atoms with Crippen LogP contribution < -0.4 is 11.1 Å². The first-order valence-electron chi connectivity index (χ1n) is 7.46. The van der Waals surface area contributed by atoms with Crippen LogP contribution in [0.15, 0.2) is 34.6 Å². The summed E-state index contributed by atoms with van der Waals surface area (Å²) in [6.45, 7) is 4.10. The molecule has 0 unspecified atom stereocenters. The lowest BCUT2D eigenvalue weighted by Gasteiger charge is -2.30. The molecule has 5 nitrogen and oxygen atoms in total. The van der Waals surface area contributed by atoms with Gasteiger partial charge in [0.15, 0.2) is 0 Å². The van der Waals surface area contributed by atoms with Gasteiger partial charge in [0.2, 0.25) is 0 Å². The SMILES string of the molecule is Cc1ccsc1C(=O)Nc1ccc(F)c([C@]2(C)COCC(N)=N2)c1. The molecule has 0 radical (unpaired) electrons. The molecule has 1 aromatic carbocycles. The van der Waals surface area contributed by atoms with Crippen molar-refractivity contribution in [2.45, 2.75) is 19.4 Å². The van der Waals surface area contributed by atoms with Gasteiger partial charge in [-0.1, -0.05) is 0 Å². The van der Waals surface area contributed by atoms with E-state index in [0.717, 1.165) is 5.56 Å². The number of carbonyl (C=O) groups is 1. The van der Waals surface area contributed by atoms with Crippen molar-refractivity contribution >= 4 is 28.8 Å². The normalized spacial score (nSPS) is 20.5. The average Bonchev–Trinajstić information content (AvgIpc) is 2.95. The van der Waals surface area contributed by atoms with Gasteiger partial charge in [0, 0.05) is 11.3 Å². The molecule has 0 fully saturated rings. The fourth-order valence-electron chi connectivity index (χ4n) is 2.68. The summed E-state index contributed by atoms with van der Waals surface area (Å²) in [4.78, 5) is 17.3. The number of benzene rings is 1. The number of thiophene rings is 1. The number of aryl methyl sites for hydroxylation is 1. The van der Waals surface area contributed by atoms with Gasteiger partial charge < -0.3 is 15.8 Å². The summed E-state index contributed by atoms with van der Waals surface area (Å²) in [7, 11) is 0. The summed E-state index contributed by atoms with van der Waals surface area (Å²) in [5.74, 6) is -0.301. The Balaban J connectivity index is 1.91. The summed E-state index contributed by atoms with van der Waals surface area (Å²) in [5.41, 5.74) is 6.57. The molecule has 1 amide bonds. The Labute approximate surface area is 143 Å². The molecule has 0 aliphatic carbocycles. The quantitative estimate of drug-likeness (QED) is 0.896. The highest BCUT2D eigenvalue weighted by Gasteiger charge is 2.33. The molecule has 2 aromatic rings. The summed E-state index contributed by atoms with van der Waals surface area (Å²) in [6, 6.07) is 6.31. The first-order valence-corrected chi connectivity index (χ1v) is 8.34. The van der Waals surface area contributed by atoms with E-state index in [4.69, 9.17) is 10.5 Å². The highest BCUT2D eigenvalue weighted by atomic mass is 32.1. The van der Waals surface area contributed by atoms with Gasteiger partial charge in [-0.2, -0.15) is 0 Å². The van der Waals surface area contributed by atoms with E-state index in [0.29, 0.717) is 22.0 Å². The van der Waals surface area contributed by atoms with E-state index in [-0.39, 0.29) is 19.1 Å². The van der Waals surface area contributed by atoms with Crippen LogP contribution in [0.3, 0.4) is 0 Å². The number of hydrogen-bond acceptors (Lipinski definition) is 5. The molecule has 0 spiro atoms. The van der Waals surface area contributed by atoms with E-state index in [1.165, 1.54) is 23.5 Å². The number of aliphatic imine (C=N–C) groups is 1. The predicted molar refractivity (Wildman–Crippen MR) is 93.2 cm³/mol. The maximum Gasteiger partial charge on any atom is 0.265 e. The molecular formula is C17H18FN3O2S. The number of halogens is 1. The number of ether oxygens (including phenoxy) is 1. The van der Waals surface area contributed by atoms with Crippen LogP contribution in [0, 0.1) is 12.7 Å². The highest BCUT2D eigenvalue weighted by Crippen LogP contribution is 2.32. The maximum atomic E-state index is 14.3. The second kappa shape index (κ2) is 6.33. The Morgan fingerprint density at radius 3 is 2.92 bits per heavy atom. The zero-order valence-electron chi connectivity index (χ0n) is 13.4. The standard InChI is InChI=1S/C17H18FN3O2S/c1-10-5-6-24-15(10)16(22)20-11-3-4-13(18)12(7-11)17(2)9-23-8-14(19)21-17/h3-7H,8-9H2,1-2H3,(H2,19,21)(H,20,22)/t17-/m0/s1. The molecule has 1 aliphatic rings. The van der Waals surface area contributed by atoms with Crippen molar-refractivity contribution in [1.29, 1.82) is 0 Å². The molecular weight excluding hydrogens is 329 g/mol. The molecule has 2 heterocycles. The van der Waals surface area contributed by atoms with Crippen LogP contribution in [0.25, 0.3) is 0 Å². The third-order valence-corrected chi connectivity index (χ3v) is 4.91. The summed E-state index contributed by atoms with van der Waals surface area (Å²) in [5, 5.41) is 4.66. The Bertz CT molecular complexity index is 818. The highest BCUT2D eigenvalue weighted by molar-refractivity contribution is 7.12. The molecule has 24 heavy (non-hydrogen) atoms. The first-order chi connectivity index (χ1) is 11.4. The number of nitrogens with two attached hydrogens (primary N) is 1. The van der Waals surface area contributed by atoms with Crippen molar-refractivity contribution < 1.29 is 13.9 Å². The van der Waals surface area contributed by atoms with Gasteiger partial charge in [-0.05, 0) is 49.1 Å². The fraction of sp³-hybridized carbons (Fsp3) is 0.294. The molecule has 0 saturated heterocycles. The van der Waals surface area contributed by atoms with Crippen LogP contribution >= 0.6 is 11.3 Å². The van der Waals surface area contributed by atoms with E-state index in [2.05, 4.69) is 10.3 Å². The Kier molecular flexibility index (Phi) is 4.38. The van der Waals surface area contributed by atoms with E-state index < -0.39 is 11.4 Å². The Morgan fingerprint density at radius 2 is 2.25 bits per heavy atom. The van der Waals surface area contributed by atoms with E-state index >= 15 is 0 Å². The lowest BCUT2D eigenvalue weighted by molar-refractivity contribution is 0.102. The number of nitrogens with one attached hydrogen (secondary N) is 1. The summed E-state index contributed by atoms with van der Waals surface area (Å²) in [6.07, 6.45) is 0. The average molecular weight is 347 g/mol. The van der Waals surface area contributed by atoms with Gasteiger partial charge >= 0.3 is 0 Å². The predicted octanol–water partition coefficient (Wildman–Crippen LogP) is 3.05. The zero-order valence-corrected chi connectivity index (χ0v) is 14.2. The lowest BCUT2D eigenvalue weighted by atomic mass is 9.92. The molecule has 126 valence electrons. The molecule has 7 heteroatoms.